The molecule has 0 aromatic heterocycles. The van der Waals surface area contributed by atoms with Crippen LogP contribution in [-0.4, -0.2) is 36.2 Å². The van der Waals surface area contributed by atoms with Gasteiger partial charge in [-0.1, -0.05) is 5.16 Å². The molecule has 2 aliphatic heterocycles. The van der Waals surface area contributed by atoms with Gasteiger partial charge in [0, 0.05) is 13.2 Å². The number of nitrogens with one attached hydrogen (secondary N) is 1. The van der Waals surface area contributed by atoms with Gasteiger partial charge in [-0.25, -0.2) is 0 Å². The van der Waals surface area contributed by atoms with E-state index in [1.165, 1.54) is 0 Å². The van der Waals surface area contributed by atoms with E-state index < -0.39 is 0 Å². The fraction of sp³-hybridized carbons (Fsp3) is 0.889. The summed E-state index contributed by atoms with van der Waals surface area (Å²) < 4.78 is 5.76. The van der Waals surface area contributed by atoms with Gasteiger partial charge in [0.25, 0.3) is 0 Å². The second kappa shape index (κ2) is 3.64. The van der Waals surface area contributed by atoms with Crippen LogP contribution >= 0.6 is 0 Å². The average Bonchev–Trinajstić information content (AvgIpc) is 2.20. The Morgan fingerprint density at radius 3 is 3.08 bits per heavy atom. The minimum absolute atomic E-state index is 0.286. The molecule has 0 aliphatic carbocycles. The first kappa shape index (κ1) is 8.97. The Bertz CT molecular complexity index is 201. The zero-order chi connectivity index (χ0) is 9.15. The SMILES string of the molecule is O/N=C1\CCCOC12CCCNC2. The summed E-state index contributed by atoms with van der Waals surface area (Å²) in [6, 6.07) is 0. The molecule has 0 amide bonds. The van der Waals surface area contributed by atoms with Crippen LogP contribution in [0.15, 0.2) is 5.16 Å². The average molecular weight is 184 g/mol. The number of nitrogens with zero attached hydrogens (tertiary/aromatic N) is 1. The first-order valence-electron chi connectivity index (χ1n) is 4.93. The highest BCUT2D eigenvalue weighted by atomic mass is 16.5. The summed E-state index contributed by atoms with van der Waals surface area (Å²) in [6.45, 7) is 2.64. The van der Waals surface area contributed by atoms with E-state index in [2.05, 4.69) is 10.5 Å². The van der Waals surface area contributed by atoms with Crippen LogP contribution in [0.5, 0.6) is 0 Å². The van der Waals surface area contributed by atoms with E-state index in [0.29, 0.717) is 0 Å². The Hall–Kier alpha value is -0.610. The molecule has 0 saturated carbocycles. The summed E-state index contributed by atoms with van der Waals surface area (Å²) in [5.74, 6) is 0. The van der Waals surface area contributed by atoms with Crippen molar-refractivity contribution in [2.75, 3.05) is 19.7 Å². The van der Waals surface area contributed by atoms with Crippen LogP contribution in [0.1, 0.15) is 25.7 Å². The van der Waals surface area contributed by atoms with E-state index in [1.807, 2.05) is 0 Å². The molecule has 4 heteroatoms. The summed E-state index contributed by atoms with van der Waals surface area (Å²) >= 11 is 0. The monoisotopic (exact) mass is 184 g/mol. The smallest absolute Gasteiger partial charge is 0.122 e. The number of oxime groups is 1. The van der Waals surface area contributed by atoms with Gasteiger partial charge in [0.2, 0.25) is 0 Å². The second-order valence-electron chi connectivity index (χ2n) is 3.77. The first-order valence-corrected chi connectivity index (χ1v) is 4.93. The molecule has 0 aromatic rings. The van der Waals surface area contributed by atoms with E-state index >= 15 is 0 Å². The minimum Gasteiger partial charge on any atom is -0.411 e. The van der Waals surface area contributed by atoms with Crippen LogP contribution in [0.2, 0.25) is 0 Å². The van der Waals surface area contributed by atoms with Gasteiger partial charge in [0.15, 0.2) is 0 Å². The molecule has 13 heavy (non-hydrogen) atoms. The Kier molecular flexibility index (Phi) is 2.51. The highest BCUT2D eigenvalue weighted by Crippen LogP contribution is 2.28. The van der Waals surface area contributed by atoms with Crippen molar-refractivity contribution in [3.8, 4) is 0 Å². The van der Waals surface area contributed by atoms with E-state index in [0.717, 1.165) is 51.1 Å². The standard InChI is InChI=1S/C9H16N2O2/c12-11-8-3-1-6-13-9(8)4-2-5-10-7-9/h10,12H,1-7H2/b11-8+. The van der Waals surface area contributed by atoms with Gasteiger partial charge in [-0.05, 0) is 32.2 Å². The van der Waals surface area contributed by atoms with Crippen molar-refractivity contribution in [3.05, 3.63) is 0 Å². The minimum atomic E-state index is -0.286. The van der Waals surface area contributed by atoms with Crippen molar-refractivity contribution in [1.82, 2.24) is 5.32 Å². The highest BCUT2D eigenvalue weighted by Gasteiger charge is 2.40. The second-order valence-corrected chi connectivity index (χ2v) is 3.77. The number of rotatable bonds is 0. The summed E-state index contributed by atoms with van der Waals surface area (Å²) in [5.41, 5.74) is 0.538. The van der Waals surface area contributed by atoms with Gasteiger partial charge >= 0.3 is 0 Å². The molecule has 0 bridgehead atoms. The predicted molar refractivity (Wildman–Crippen MR) is 49.2 cm³/mol. The van der Waals surface area contributed by atoms with Gasteiger partial charge in [0.05, 0.1) is 5.71 Å². The van der Waals surface area contributed by atoms with Crippen molar-refractivity contribution < 1.29 is 9.94 Å². The molecule has 2 aliphatic rings. The molecule has 2 heterocycles. The van der Waals surface area contributed by atoms with Crippen molar-refractivity contribution in [2.45, 2.75) is 31.3 Å². The lowest BCUT2D eigenvalue weighted by molar-refractivity contribution is -0.0249. The summed E-state index contributed by atoms with van der Waals surface area (Å²) in [7, 11) is 0. The van der Waals surface area contributed by atoms with Gasteiger partial charge < -0.3 is 15.3 Å². The lowest BCUT2D eigenvalue weighted by atomic mass is 9.85. The van der Waals surface area contributed by atoms with Crippen molar-refractivity contribution in [1.29, 1.82) is 0 Å². The molecule has 1 atom stereocenters. The summed E-state index contributed by atoms with van der Waals surface area (Å²) in [5, 5.41) is 15.6. The molecule has 0 radical (unpaired) electrons. The topological polar surface area (TPSA) is 53.9 Å². The van der Waals surface area contributed by atoms with Crippen LogP contribution in [0.4, 0.5) is 0 Å². The summed E-state index contributed by atoms with van der Waals surface area (Å²) in [4.78, 5) is 0. The molecule has 2 rings (SSSR count). The Morgan fingerprint density at radius 2 is 2.38 bits per heavy atom. The molecular weight excluding hydrogens is 168 g/mol. The quantitative estimate of drug-likeness (QED) is 0.431. The van der Waals surface area contributed by atoms with Gasteiger partial charge in [-0.2, -0.15) is 0 Å². The third-order valence-electron chi connectivity index (χ3n) is 2.93. The third kappa shape index (κ3) is 1.56. The summed E-state index contributed by atoms with van der Waals surface area (Å²) in [6.07, 6.45) is 3.93. The molecule has 74 valence electrons. The van der Waals surface area contributed by atoms with E-state index in [4.69, 9.17) is 9.94 Å². The van der Waals surface area contributed by atoms with Gasteiger partial charge in [0.1, 0.15) is 5.60 Å². The van der Waals surface area contributed by atoms with Crippen LogP contribution in [0.3, 0.4) is 0 Å². The zero-order valence-corrected chi connectivity index (χ0v) is 7.75. The number of hydrogen-bond acceptors (Lipinski definition) is 4. The molecule has 2 saturated heterocycles. The fourth-order valence-corrected chi connectivity index (χ4v) is 2.21. The zero-order valence-electron chi connectivity index (χ0n) is 7.75. The largest absolute Gasteiger partial charge is 0.411 e. The van der Waals surface area contributed by atoms with Crippen LogP contribution in [-0.2, 0) is 4.74 Å². The first-order chi connectivity index (χ1) is 6.37. The fourth-order valence-electron chi connectivity index (χ4n) is 2.21. The maximum absolute atomic E-state index is 8.89. The van der Waals surface area contributed by atoms with E-state index in [1.54, 1.807) is 0 Å². The third-order valence-corrected chi connectivity index (χ3v) is 2.93. The van der Waals surface area contributed by atoms with E-state index in [9.17, 15) is 0 Å². The molecule has 2 N–H and O–H groups in total. The Balaban J connectivity index is 2.15. The lowest BCUT2D eigenvalue weighted by Crippen LogP contribution is -2.55. The Morgan fingerprint density at radius 1 is 1.46 bits per heavy atom. The number of hydrogen-bond donors (Lipinski definition) is 2. The van der Waals surface area contributed by atoms with Crippen LogP contribution < -0.4 is 5.32 Å². The maximum Gasteiger partial charge on any atom is 0.122 e. The number of ether oxygens (including phenoxy) is 1. The highest BCUT2D eigenvalue weighted by molar-refractivity contribution is 5.93. The van der Waals surface area contributed by atoms with Crippen LogP contribution in [0.25, 0.3) is 0 Å². The normalized spacial score (nSPS) is 38.3. The van der Waals surface area contributed by atoms with Crippen molar-refractivity contribution >= 4 is 5.71 Å². The molecule has 2 fully saturated rings. The predicted octanol–water partition coefficient (Wildman–Crippen LogP) is 0.749. The Labute approximate surface area is 78.0 Å². The maximum atomic E-state index is 8.89. The van der Waals surface area contributed by atoms with E-state index in [-0.39, 0.29) is 5.60 Å². The molecular formula is C9H16N2O2. The van der Waals surface area contributed by atoms with Crippen LogP contribution in [0, 0.1) is 0 Å². The van der Waals surface area contributed by atoms with Gasteiger partial charge in [-0.3, -0.25) is 0 Å². The molecule has 1 unspecified atom stereocenters. The molecule has 1 spiro atoms. The molecule has 0 aromatic carbocycles. The lowest BCUT2D eigenvalue weighted by Gasteiger charge is -2.40. The van der Waals surface area contributed by atoms with Crippen molar-refractivity contribution in [3.63, 3.8) is 0 Å². The molecule has 4 nitrogen and oxygen atoms in total. The number of piperidine rings is 1. The van der Waals surface area contributed by atoms with Gasteiger partial charge in [-0.15, -0.1) is 0 Å². The van der Waals surface area contributed by atoms with Crippen molar-refractivity contribution in [2.24, 2.45) is 5.16 Å².